The van der Waals surface area contributed by atoms with Crippen LogP contribution in [0.5, 0.6) is 0 Å². The fraction of sp³-hybridized carbons (Fsp3) is 0.348. The number of hydrogen-bond acceptors (Lipinski definition) is 6. The van der Waals surface area contributed by atoms with Gasteiger partial charge < -0.3 is 20.1 Å². The minimum absolute atomic E-state index is 0.0583. The highest BCUT2D eigenvalue weighted by molar-refractivity contribution is 6.98. The van der Waals surface area contributed by atoms with Crippen LogP contribution in [0.25, 0.3) is 22.3 Å². The van der Waals surface area contributed by atoms with Crippen molar-refractivity contribution in [3.8, 4) is 11.4 Å². The highest BCUT2D eigenvalue weighted by Gasteiger charge is 2.45. The van der Waals surface area contributed by atoms with E-state index in [4.69, 9.17) is 23.2 Å². The lowest BCUT2D eigenvalue weighted by Crippen LogP contribution is -2.44. The summed E-state index contributed by atoms with van der Waals surface area (Å²) in [5, 5.41) is 11.8. The van der Waals surface area contributed by atoms with E-state index < -0.39 is 17.4 Å². The van der Waals surface area contributed by atoms with Gasteiger partial charge in [0, 0.05) is 30.3 Å². The minimum Gasteiger partial charge on any atom is -0.458 e. The molecule has 2 aliphatic heterocycles. The number of nitrogens with zero attached hydrogens (tertiary/aromatic N) is 2. The quantitative estimate of drug-likeness (QED) is 0.348. The number of hydrogen-bond donors (Lipinski definition) is 2. The monoisotopic (exact) mass is 442 g/mol. The number of carbonyl (C=O) groups excluding carboxylic acids is 1. The Kier molecular flexibility index (Phi) is 4.23. The van der Waals surface area contributed by atoms with E-state index in [1.165, 1.54) is 13.2 Å². The molecule has 1 aromatic carbocycles. The number of fused-ring (bicyclic) bond motifs is 5. The maximum absolute atomic E-state index is 14.8. The zero-order valence-corrected chi connectivity index (χ0v) is 17.9. The van der Waals surface area contributed by atoms with E-state index in [1.54, 1.807) is 17.6 Å². The average Bonchev–Trinajstić information content (AvgIpc) is 3.17. The molecule has 10 heteroatoms. The van der Waals surface area contributed by atoms with E-state index in [2.05, 4.69) is 0 Å². The number of nitrogens with two attached hydrogens (primary N) is 1. The van der Waals surface area contributed by atoms with E-state index >= 15 is 0 Å². The molecule has 3 radical (unpaired) electrons. The number of rotatable bonds is 2. The molecule has 3 aliphatic rings. The molecule has 6 rings (SSSR count). The van der Waals surface area contributed by atoms with E-state index in [-0.39, 0.29) is 42.3 Å². The number of ether oxygens (including phenoxy) is 1. The van der Waals surface area contributed by atoms with Crippen LogP contribution in [0, 0.1) is 5.82 Å². The SMILES string of the molecule is [B][B]c1c(F)cc2nc3c(c4c2c1CCC4N)Cn1c-3cc2c(c1=O)COC(=O)C2(O)CC. The fourth-order valence-electron chi connectivity index (χ4n) is 5.63. The van der Waals surface area contributed by atoms with Gasteiger partial charge in [-0.3, -0.25) is 4.79 Å². The van der Waals surface area contributed by atoms with Crippen molar-refractivity contribution in [2.75, 3.05) is 0 Å². The van der Waals surface area contributed by atoms with Crippen molar-refractivity contribution in [3.63, 3.8) is 0 Å². The van der Waals surface area contributed by atoms with Gasteiger partial charge in [0.2, 0.25) is 0 Å². The van der Waals surface area contributed by atoms with Crippen molar-refractivity contribution in [3.05, 3.63) is 56.1 Å². The Balaban J connectivity index is 1.69. The van der Waals surface area contributed by atoms with Crippen LogP contribution in [0.4, 0.5) is 4.39 Å². The highest BCUT2D eigenvalue weighted by atomic mass is 19.1. The summed E-state index contributed by atoms with van der Waals surface area (Å²) in [6.07, 6.45) is 1.25. The van der Waals surface area contributed by atoms with Gasteiger partial charge in [-0.2, -0.15) is 0 Å². The molecule has 0 spiro atoms. The molecule has 3 aromatic rings. The molecule has 7 nitrogen and oxygen atoms in total. The minimum atomic E-state index is -1.91. The van der Waals surface area contributed by atoms with Gasteiger partial charge in [0.1, 0.15) is 19.6 Å². The van der Waals surface area contributed by atoms with Gasteiger partial charge in [-0.05, 0) is 42.5 Å². The van der Waals surface area contributed by atoms with Crippen molar-refractivity contribution in [2.45, 2.75) is 51.0 Å². The Morgan fingerprint density at radius 1 is 1.36 bits per heavy atom. The third-order valence-corrected chi connectivity index (χ3v) is 7.36. The van der Waals surface area contributed by atoms with Crippen molar-refractivity contribution in [1.82, 2.24) is 9.55 Å². The van der Waals surface area contributed by atoms with Gasteiger partial charge in [0.25, 0.3) is 5.56 Å². The topological polar surface area (TPSA) is 107 Å². The molecule has 2 aromatic heterocycles. The smallest absolute Gasteiger partial charge is 0.343 e. The standard InChI is InChI=1S/C23H19B2FN3O4/c1-2-23(32)12-5-16-20-10(7-29(16)21(30)11(12)8-33-22(23)31)17-14(27)4-3-9-18(17)15(28-20)6-13(26)19(9)25-24/h5-6,14,32H,2-4,7-8,27H2,1H3. The number of cyclic esters (lactones) is 1. The van der Waals surface area contributed by atoms with E-state index in [1.807, 2.05) is 0 Å². The van der Waals surface area contributed by atoms with E-state index in [0.29, 0.717) is 35.2 Å². The van der Waals surface area contributed by atoms with E-state index in [9.17, 15) is 19.1 Å². The third kappa shape index (κ3) is 2.50. The Labute approximate surface area is 190 Å². The summed E-state index contributed by atoms with van der Waals surface area (Å²) in [7, 11) is 6.99. The number of benzene rings is 1. The van der Waals surface area contributed by atoms with Gasteiger partial charge in [-0.1, -0.05) is 12.4 Å². The van der Waals surface area contributed by atoms with Crippen molar-refractivity contribution in [1.29, 1.82) is 0 Å². The Morgan fingerprint density at radius 2 is 2.15 bits per heavy atom. The number of pyridine rings is 2. The summed E-state index contributed by atoms with van der Waals surface area (Å²) >= 11 is 0. The number of carbonyl (C=O) groups is 1. The second-order valence-electron chi connectivity index (χ2n) is 8.91. The maximum Gasteiger partial charge on any atom is 0.343 e. The molecule has 1 aliphatic carbocycles. The van der Waals surface area contributed by atoms with Crippen LogP contribution < -0.4 is 16.8 Å². The summed E-state index contributed by atoms with van der Waals surface area (Å²) in [6, 6.07) is 2.69. The molecule has 2 atom stereocenters. The van der Waals surface area contributed by atoms with Crippen LogP contribution in [-0.2, 0) is 34.7 Å². The molecule has 4 heterocycles. The van der Waals surface area contributed by atoms with Crippen LogP contribution in [0.1, 0.15) is 53.6 Å². The summed E-state index contributed by atoms with van der Waals surface area (Å²) < 4.78 is 21.5. The molecule has 33 heavy (non-hydrogen) atoms. The number of aliphatic hydroxyl groups is 1. The predicted octanol–water partition coefficient (Wildman–Crippen LogP) is 0.578. The first kappa shape index (κ1) is 20.6. The molecule has 0 amide bonds. The Hall–Kier alpha value is -2.97. The molecule has 2 unspecified atom stereocenters. The first-order valence-corrected chi connectivity index (χ1v) is 11.0. The van der Waals surface area contributed by atoms with Gasteiger partial charge in [0.15, 0.2) is 5.60 Å². The lowest BCUT2D eigenvalue weighted by atomic mass is 9.49. The summed E-state index contributed by atoms with van der Waals surface area (Å²) in [5.74, 6) is -1.24. The predicted molar refractivity (Wildman–Crippen MR) is 121 cm³/mol. The number of aryl methyl sites for hydroxylation is 1. The normalized spacial score (nSPS) is 22.5. The van der Waals surface area contributed by atoms with Crippen LogP contribution in [0.2, 0.25) is 0 Å². The van der Waals surface area contributed by atoms with Gasteiger partial charge in [-0.25, -0.2) is 14.2 Å². The van der Waals surface area contributed by atoms with Crippen LogP contribution >= 0.6 is 0 Å². The highest BCUT2D eigenvalue weighted by Crippen LogP contribution is 2.44. The van der Waals surface area contributed by atoms with Crippen LogP contribution in [0.3, 0.4) is 0 Å². The van der Waals surface area contributed by atoms with Crippen LogP contribution in [-0.4, -0.2) is 35.5 Å². The number of halogens is 1. The molecule has 0 fully saturated rings. The van der Waals surface area contributed by atoms with Gasteiger partial charge in [-0.15, -0.1) is 0 Å². The third-order valence-electron chi connectivity index (χ3n) is 7.36. The molecule has 0 saturated heterocycles. The lowest BCUT2D eigenvalue weighted by Gasteiger charge is -2.31. The van der Waals surface area contributed by atoms with E-state index in [0.717, 1.165) is 22.1 Å². The fourth-order valence-corrected chi connectivity index (χ4v) is 5.63. The zero-order valence-electron chi connectivity index (χ0n) is 17.9. The van der Waals surface area contributed by atoms with Crippen molar-refractivity contribution >= 4 is 37.2 Å². The van der Waals surface area contributed by atoms with Gasteiger partial charge in [0.05, 0.1) is 29.0 Å². The van der Waals surface area contributed by atoms with Crippen molar-refractivity contribution in [2.24, 2.45) is 5.73 Å². The van der Waals surface area contributed by atoms with Crippen LogP contribution in [0.15, 0.2) is 16.9 Å². The molecule has 0 bridgehead atoms. The number of esters is 1. The second-order valence-corrected chi connectivity index (χ2v) is 8.91. The number of aromatic nitrogens is 2. The second kappa shape index (κ2) is 6.77. The first-order valence-electron chi connectivity index (χ1n) is 11.0. The van der Waals surface area contributed by atoms with Gasteiger partial charge >= 0.3 is 5.97 Å². The average molecular weight is 442 g/mol. The Morgan fingerprint density at radius 3 is 2.88 bits per heavy atom. The molecular formula is C23H19B2FN3O4. The Bertz CT molecular complexity index is 1470. The zero-order chi connectivity index (χ0) is 23.2. The van der Waals surface area contributed by atoms with Crippen molar-refractivity contribution < 1.29 is 19.0 Å². The maximum atomic E-state index is 14.8. The molecular weight excluding hydrogens is 423 g/mol. The summed E-state index contributed by atoms with van der Waals surface area (Å²) in [4.78, 5) is 30.5. The largest absolute Gasteiger partial charge is 0.458 e. The molecule has 3 N–H and O–H groups in total. The lowest BCUT2D eigenvalue weighted by molar-refractivity contribution is -0.172. The molecule has 163 valence electrons. The summed E-state index contributed by atoms with van der Waals surface area (Å²) in [5.41, 5.74) is 8.99. The molecule has 0 saturated carbocycles. The first-order chi connectivity index (χ1) is 15.8. The summed E-state index contributed by atoms with van der Waals surface area (Å²) in [6.45, 7) is 1.71.